The monoisotopic (exact) mass is 201 g/mol. The summed E-state index contributed by atoms with van der Waals surface area (Å²) in [5, 5.41) is 9.61. The van der Waals surface area contributed by atoms with E-state index in [0.717, 1.165) is 18.2 Å². The summed E-state index contributed by atoms with van der Waals surface area (Å²) < 4.78 is 25.9. The Morgan fingerprint density at radius 3 is 2.64 bits per heavy atom. The molecule has 2 atom stereocenters. The van der Waals surface area contributed by atoms with Crippen LogP contribution >= 0.6 is 0 Å². The van der Waals surface area contributed by atoms with Crippen LogP contribution in [0.2, 0.25) is 0 Å². The molecule has 0 saturated heterocycles. The Bertz CT molecular complexity index is 317. The van der Waals surface area contributed by atoms with Gasteiger partial charge in [0.05, 0.1) is 6.10 Å². The summed E-state index contributed by atoms with van der Waals surface area (Å²) in [7, 11) is 0. The molecule has 2 unspecified atom stereocenters. The largest absolute Gasteiger partial charge is 0.388 e. The Labute approximate surface area is 81.4 Å². The Morgan fingerprint density at radius 1 is 1.43 bits per heavy atom. The van der Waals surface area contributed by atoms with E-state index in [1.807, 2.05) is 0 Å². The van der Waals surface area contributed by atoms with Gasteiger partial charge in [-0.1, -0.05) is 6.92 Å². The Hall–Kier alpha value is -1.00. The molecule has 0 radical (unpaired) electrons. The third kappa shape index (κ3) is 2.27. The average molecular weight is 201 g/mol. The van der Waals surface area contributed by atoms with E-state index in [1.54, 1.807) is 6.92 Å². The smallest absolute Gasteiger partial charge is 0.129 e. The van der Waals surface area contributed by atoms with Gasteiger partial charge in [0.2, 0.25) is 0 Å². The molecule has 0 bridgehead atoms. The van der Waals surface area contributed by atoms with E-state index in [-0.39, 0.29) is 18.0 Å². The van der Waals surface area contributed by atoms with E-state index in [0.29, 0.717) is 0 Å². The van der Waals surface area contributed by atoms with E-state index in [1.165, 1.54) is 0 Å². The van der Waals surface area contributed by atoms with Gasteiger partial charge in [-0.2, -0.15) is 0 Å². The third-order valence-electron chi connectivity index (χ3n) is 2.19. The zero-order chi connectivity index (χ0) is 10.7. The first-order valence-electron chi connectivity index (χ1n) is 4.39. The summed E-state index contributed by atoms with van der Waals surface area (Å²) in [6.07, 6.45) is -1.06. The quantitative estimate of drug-likeness (QED) is 0.780. The van der Waals surface area contributed by atoms with Gasteiger partial charge in [-0.15, -0.1) is 0 Å². The van der Waals surface area contributed by atoms with Crippen molar-refractivity contribution in [3.05, 3.63) is 35.4 Å². The second kappa shape index (κ2) is 4.48. The molecule has 0 aliphatic rings. The molecule has 0 amide bonds. The van der Waals surface area contributed by atoms with E-state index in [4.69, 9.17) is 5.73 Å². The number of aliphatic hydroxyl groups is 1. The molecular weight excluding hydrogens is 188 g/mol. The highest BCUT2D eigenvalue weighted by Crippen LogP contribution is 2.24. The van der Waals surface area contributed by atoms with Crippen LogP contribution in [0.5, 0.6) is 0 Å². The lowest BCUT2D eigenvalue weighted by molar-refractivity contribution is 0.117. The second-order valence-corrected chi connectivity index (χ2v) is 3.32. The van der Waals surface area contributed by atoms with Crippen molar-refractivity contribution in [2.75, 3.05) is 6.54 Å². The summed E-state index contributed by atoms with van der Waals surface area (Å²) in [4.78, 5) is 0. The molecule has 0 fully saturated rings. The van der Waals surface area contributed by atoms with Crippen molar-refractivity contribution in [1.82, 2.24) is 0 Å². The Morgan fingerprint density at radius 2 is 2.07 bits per heavy atom. The normalized spacial score (nSPS) is 15.2. The van der Waals surface area contributed by atoms with Crippen LogP contribution in [0.4, 0.5) is 8.78 Å². The molecular formula is C10H13F2NO. The lowest BCUT2D eigenvalue weighted by Gasteiger charge is -2.17. The lowest BCUT2D eigenvalue weighted by atomic mass is 9.97. The molecule has 2 nitrogen and oxygen atoms in total. The Balaban J connectivity index is 2.99. The molecule has 0 heterocycles. The molecule has 78 valence electrons. The first-order chi connectivity index (χ1) is 6.56. The average Bonchev–Trinajstić information content (AvgIpc) is 2.19. The van der Waals surface area contributed by atoms with Gasteiger partial charge in [-0.05, 0) is 30.7 Å². The summed E-state index contributed by atoms with van der Waals surface area (Å²) in [5.74, 6) is -1.48. The molecule has 0 spiro atoms. The molecule has 1 rings (SSSR count). The van der Waals surface area contributed by atoms with Crippen LogP contribution in [0.25, 0.3) is 0 Å². The second-order valence-electron chi connectivity index (χ2n) is 3.32. The van der Waals surface area contributed by atoms with Crippen molar-refractivity contribution in [2.24, 2.45) is 11.7 Å². The highest BCUT2D eigenvalue weighted by atomic mass is 19.1. The van der Waals surface area contributed by atoms with Crippen LogP contribution in [0, 0.1) is 17.6 Å². The summed E-state index contributed by atoms with van der Waals surface area (Å²) in [5.41, 5.74) is 5.28. The molecule has 0 saturated carbocycles. The highest BCUT2D eigenvalue weighted by Gasteiger charge is 2.19. The maximum Gasteiger partial charge on any atom is 0.129 e. The molecule has 14 heavy (non-hydrogen) atoms. The third-order valence-corrected chi connectivity index (χ3v) is 2.19. The molecule has 4 heteroatoms. The van der Waals surface area contributed by atoms with Gasteiger partial charge < -0.3 is 10.8 Å². The molecule has 0 aromatic heterocycles. The number of hydrogen-bond acceptors (Lipinski definition) is 2. The molecule has 1 aromatic carbocycles. The zero-order valence-corrected chi connectivity index (χ0v) is 7.87. The minimum atomic E-state index is -1.06. The maximum atomic E-state index is 13.1. The van der Waals surface area contributed by atoms with Crippen LogP contribution in [-0.2, 0) is 0 Å². The number of rotatable bonds is 3. The minimum absolute atomic E-state index is 0.0389. The molecule has 0 aliphatic carbocycles. The van der Waals surface area contributed by atoms with Gasteiger partial charge in [-0.3, -0.25) is 0 Å². The minimum Gasteiger partial charge on any atom is -0.388 e. The fraction of sp³-hybridized carbons (Fsp3) is 0.400. The summed E-state index contributed by atoms with van der Waals surface area (Å²) in [6, 6.07) is 3.00. The topological polar surface area (TPSA) is 46.2 Å². The zero-order valence-electron chi connectivity index (χ0n) is 7.87. The van der Waals surface area contributed by atoms with Crippen molar-refractivity contribution >= 4 is 0 Å². The van der Waals surface area contributed by atoms with Crippen molar-refractivity contribution in [2.45, 2.75) is 13.0 Å². The fourth-order valence-electron chi connectivity index (χ4n) is 1.18. The summed E-state index contributed by atoms with van der Waals surface area (Å²) >= 11 is 0. The SMILES string of the molecule is CC(CN)C(O)c1cc(F)ccc1F. The van der Waals surface area contributed by atoms with E-state index < -0.39 is 17.7 Å². The van der Waals surface area contributed by atoms with Crippen LogP contribution in [0.15, 0.2) is 18.2 Å². The van der Waals surface area contributed by atoms with Gasteiger partial charge in [0, 0.05) is 5.56 Å². The van der Waals surface area contributed by atoms with E-state index in [2.05, 4.69) is 0 Å². The number of benzene rings is 1. The van der Waals surface area contributed by atoms with Gasteiger partial charge in [0.1, 0.15) is 11.6 Å². The first-order valence-corrected chi connectivity index (χ1v) is 4.39. The molecule has 1 aromatic rings. The number of halogens is 2. The van der Waals surface area contributed by atoms with Gasteiger partial charge >= 0.3 is 0 Å². The molecule has 3 N–H and O–H groups in total. The Kier molecular flexibility index (Phi) is 3.55. The van der Waals surface area contributed by atoms with Gasteiger partial charge in [-0.25, -0.2) is 8.78 Å². The number of aliphatic hydroxyl groups excluding tert-OH is 1. The lowest BCUT2D eigenvalue weighted by Crippen LogP contribution is -2.19. The van der Waals surface area contributed by atoms with Crippen LogP contribution in [-0.4, -0.2) is 11.7 Å². The van der Waals surface area contributed by atoms with E-state index in [9.17, 15) is 13.9 Å². The van der Waals surface area contributed by atoms with Crippen LogP contribution < -0.4 is 5.73 Å². The standard InChI is InChI=1S/C10H13F2NO/c1-6(5-13)10(14)8-4-7(11)2-3-9(8)12/h2-4,6,10,14H,5,13H2,1H3. The van der Waals surface area contributed by atoms with E-state index >= 15 is 0 Å². The fourth-order valence-corrected chi connectivity index (χ4v) is 1.18. The van der Waals surface area contributed by atoms with Crippen molar-refractivity contribution in [3.63, 3.8) is 0 Å². The van der Waals surface area contributed by atoms with Crippen molar-refractivity contribution in [1.29, 1.82) is 0 Å². The van der Waals surface area contributed by atoms with Gasteiger partial charge in [0.25, 0.3) is 0 Å². The predicted octanol–water partition coefficient (Wildman–Crippen LogP) is 1.59. The van der Waals surface area contributed by atoms with Gasteiger partial charge in [0.15, 0.2) is 0 Å². The predicted molar refractivity (Wildman–Crippen MR) is 49.5 cm³/mol. The maximum absolute atomic E-state index is 13.1. The highest BCUT2D eigenvalue weighted by molar-refractivity contribution is 5.21. The summed E-state index contributed by atoms with van der Waals surface area (Å²) in [6.45, 7) is 1.89. The first kappa shape index (κ1) is 11.1. The van der Waals surface area contributed by atoms with Crippen LogP contribution in [0.1, 0.15) is 18.6 Å². The van der Waals surface area contributed by atoms with Crippen molar-refractivity contribution < 1.29 is 13.9 Å². The number of nitrogens with two attached hydrogens (primary N) is 1. The van der Waals surface area contributed by atoms with Crippen molar-refractivity contribution in [3.8, 4) is 0 Å². The van der Waals surface area contributed by atoms with Crippen LogP contribution in [0.3, 0.4) is 0 Å². The molecule has 0 aliphatic heterocycles. The number of hydrogen-bond donors (Lipinski definition) is 2.